The number of thioether (sulfide) groups is 6. The zero-order valence-corrected chi connectivity index (χ0v) is 78.0. The number of carbonyl (C=O) groups excluding carboxylic acids is 5. The van der Waals surface area contributed by atoms with Gasteiger partial charge in [0.15, 0.2) is 0 Å². The van der Waals surface area contributed by atoms with Crippen molar-refractivity contribution in [1.29, 1.82) is 0 Å². The molecule has 1 aromatic carbocycles. The zero-order chi connectivity index (χ0) is 85.6. The van der Waals surface area contributed by atoms with Crippen molar-refractivity contribution in [2.24, 2.45) is 102 Å². The van der Waals surface area contributed by atoms with Gasteiger partial charge in [-0.25, -0.2) is 0 Å². The van der Waals surface area contributed by atoms with Gasteiger partial charge in [-0.1, -0.05) is 141 Å². The van der Waals surface area contributed by atoms with Gasteiger partial charge in [0, 0.05) is 139 Å². The quantitative estimate of drug-likeness (QED) is 0.0164. The number of ether oxygens (including phenoxy) is 5. The summed E-state index contributed by atoms with van der Waals surface area (Å²) in [5.74, 6) is 9.94. The molecule has 8 unspecified atom stereocenters. The Labute approximate surface area is 703 Å². The van der Waals surface area contributed by atoms with E-state index in [4.69, 9.17) is 92.5 Å². The second kappa shape index (κ2) is 69.0. The summed E-state index contributed by atoms with van der Waals surface area (Å²) in [7, 11) is 1.40. The Balaban J connectivity index is -0.000000625. The molecule has 0 aromatic heterocycles. The molecule has 1 aliphatic rings. The summed E-state index contributed by atoms with van der Waals surface area (Å²) in [4.78, 5) is 59.8. The molecule has 0 bridgehead atoms. The highest BCUT2D eigenvalue weighted by Gasteiger charge is 2.35. The lowest BCUT2D eigenvalue weighted by molar-refractivity contribution is -0.164. The lowest BCUT2D eigenvalue weighted by Gasteiger charge is -2.28. The van der Waals surface area contributed by atoms with E-state index in [0.717, 1.165) is 90.3 Å². The normalized spacial score (nSPS) is 15.0. The third kappa shape index (κ3) is 65.8. The van der Waals surface area contributed by atoms with Crippen LogP contribution in [0.4, 0.5) is 0 Å². The number of carbonyl (C=O) groups is 5. The zero-order valence-electron chi connectivity index (χ0n) is 73.1. The van der Waals surface area contributed by atoms with Crippen LogP contribution in [-0.4, -0.2) is 206 Å². The van der Waals surface area contributed by atoms with Crippen LogP contribution >= 0.6 is 70.6 Å². The van der Waals surface area contributed by atoms with Crippen LogP contribution in [0.15, 0.2) is 30.3 Å². The van der Waals surface area contributed by atoms with Gasteiger partial charge in [-0.2, -0.15) is 70.6 Å². The summed E-state index contributed by atoms with van der Waals surface area (Å²) in [6.07, 6.45) is 23.3. The second-order valence-corrected chi connectivity index (χ2v) is 40.0. The Bertz CT molecular complexity index is 2420. The van der Waals surface area contributed by atoms with Crippen LogP contribution in [0.3, 0.4) is 0 Å². The van der Waals surface area contributed by atoms with E-state index in [-0.39, 0.29) is 72.2 Å². The van der Waals surface area contributed by atoms with Crippen molar-refractivity contribution >= 4 is 100 Å². The Morgan fingerprint density at radius 2 is 0.748 bits per heavy atom. The van der Waals surface area contributed by atoms with Gasteiger partial charge in [-0.15, -0.1) is 0 Å². The van der Waals surface area contributed by atoms with Gasteiger partial charge in [0.1, 0.15) is 11.7 Å². The van der Waals surface area contributed by atoms with Gasteiger partial charge < -0.3 is 92.5 Å². The van der Waals surface area contributed by atoms with Crippen LogP contribution in [0.25, 0.3) is 0 Å². The maximum absolute atomic E-state index is 12.2. The molecule has 1 aliphatic carbocycles. The Kier molecular flexibility index (Phi) is 71.8. The summed E-state index contributed by atoms with van der Waals surface area (Å²) >= 11 is 10.2. The molecule has 24 N–H and O–H groups in total. The fraction of sp³-hybridized carbons (Fsp3) is 0.867. The first kappa shape index (κ1) is 116. The van der Waals surface area contributed by atoms with Crippen LogP contribution in [-0.2, 0) is 47.7 Å². The predicted molar refractivity (Wildman–Crippen MR) is 488 cm³/mol. The number of unbranched alkanes of at least 4 members (excludes halogenated alkanes) is 10. The molecular formula is C83H170N12O10S6. The van der Waals surface area contributed by atoms with Gasteiger partial charge in [0.2, 0.25) is 0 Å². The summed E-state index contributed by atoms with van der Waals surface area (Å²) in [5.41, 5.74) is 65.8. The van der Waals surface area contributed by atoms with E-state index in [1.54, 1.807) is 58.8 Å². The molecule has 0 saturated heterocycles. The summed E-state index contributed by atoms with van der Waals surface area (Å²) < 4.78 is 26.7. The van der Waals surface area contributed by atoms with Crippen LogP contribution in [0.2, 0.25) is 0 Å². The lowest BCUT2D eigenvalue weighted by Crippen LogP contribution is -2.36. The second-order valence-electron chi connectivity index (χ2n) is 33.8. The highest BCUT2D eigenvalue weighted by Crippen LogP contribution is 2.31. The summed E-state index contributed by atoms with van der Waals surface area (Å²) in [6, 6.07) is 10.7. The molecule has 0 aliphatic heterocycles. The standard InChI is InChI=1S/C20H42N2O2S.C16H34N2O2S.C14H28N2O2S.C12H26N2O2S.C12H20N2S.C9H20N2O2S/c1-4-5-6-7-8-9-10-11-12-13-14-24-19(23)20(2,3)17-25-16-18(22)15-21;1-5-7-8-13(6-2)10-20-15(19)16(3,4)12-21-11-14(18)9-17;1-14(2,10-19-9-11(16)8-15)13(17)18-12-6-4-3-5-7-12;1-11(2,3)16-10(15)12(4,5)8-17-7-9(14)6-13;1-10(8-15-9-12(14)7-13)11-5-3-2-4-6-11;1-9(2,8(12)13-3)6-14-5-7(11)4-10/h18H,4-17,21-22H2,1-3H3;13-14H,5-12,17-18H2,1-4H3;11-12H,3-10,15-16H2,1-2H3;9H,6-8,13-14H2,1-5H3;2-6,10,12H,7-9,13-14H2,1H3;7H,4-6,10-11H2,1-3H3. The average molecular weight is 1690 g/mol. The fourth-order valence-electron chi connectivity index (χ4n) is 9.73. The number of rotatable bonds is 54. The van der Waals surface area contributed by atoms with E-state index in [0.29, 0.717) is 81.6 Å². The molecule has 0 radical (unpaired) electrons. The molecule has 0 spiro atoms. The SMILES string of the molecule is CC(C)(C)OC(=O)C(C)(C)CSCC(N)CN.CC(C)(CSCC(N)CN)C(=O)OC1CCCCC1.CC(CSCC(N)CN)c1ccccc1.CCCCC(CC)COC(=O)C(C)(C)CSCC(N)CN.CCCCCCCCCCCCOC(=O)C(C)(C)CSCC(N)CN.COC(=O)C(C)(C)CSCC(N)CN. The molecule has 8 atom stereocenters. The number of methoxy groups -OCH3 is 1. The Morgan fingerprint density at radius 3 is 1.10 bits per heavy atom. The largest absolute Gasteiger partial charge is 0.469 e. The van der Waals surface area contributed by atoms with E-state index >= 15 is 0 Å². The van der Waals surface area contributed by atoms with E-state index in [1.165, 1.54) is 96.1 Å². The van der Waals surface area contributed by atoms with Crippen molar-refractivity contribution in [1.82, 2.24) is 0 Å². The van der Waals surface area contributed by atoms with Gasteiger partial charge in [0.05, 0.1) is 47.4 Å². The van der Waals surface area contributed by atoms with Crippen molar-refractivity contribution in [2.75, 3.05) is 129 Å². The molecule has 2 rings (SSSR count). The third-order valence-electron chi connectivity index (χ3n) is 17.8. The molecule has 28 heteroatoms. The molecule has 1 aromatic rings. The fourth-order valence-corrected chi connectivity index (χ4v) is 16.8. The molecular weight excluding hydrogens is 1520 g/mol. The monoisotopic (exact) mass is 1690 g/mol. The van der Waals surface area contributed by atoms with Crippen LogP contribution in [0.5, 0.6) is 0 Å². The van der Waals surface area contributed by atoms with Gasteiger partial charge in [0.25, 0.3) is 0 Å². The van der Waals surface area contributed by atoms with Crippen molar-refractivity contribution in [3.05, 3.63) is 35.9 Å². The van der Waals surface area contributed by atoms with E-state index < -0.39 is 32.7 Å². The maximum atomic E-state index is 12.2. The maximum Gasteiger partial charge on any atom is 0.312 e. The van der Waals surface area contributed by atoms with Crippen molar-refractivity contribution < 1.29 is 47.7 Å². The van der Waals surface area contributed by atoms with Crippen molar-refractivity contribution in [3.63, 3.8) is 0 Å². The van der Waals surface area contributed by atoms with Crippen molar-refractivity contribution in [3.8, 4) is 0 Å². The topological polar surface area (TPSA) is 444 Å². The summed E-state index contributed by atoms with van der Waals surface area (Å²) in [5, 5.41) is 0. The van der Waals surface area contributed by atoms with Crippen LogP contribution in [0, 0.1) is 33.0 Å². The number of nitrogens with two attached hydrogens (primary N) is 12. The predicted octanol–water partition coefficient (Wildman–Crippen LogP) is 12.6. The van der Waals surface area contributed by atoms with Crippen LogP contribution < -0.4 is 68.8 Å². The molecule has 0 heterocycles. The van der Waals surface area contributed by atoms with Gasteiger partial charge in [-0.05, 0) is 152 Å². The number of benzene rings is 1. The van der Waals surface area contributed by atoms with E-state index in [2.05, 4.69) is 52.0 Å². The average Bonchev–Trinajstić information content (AvgIpc) is 0.872. The van der Waals surface area contributed by atoms with E-state index in [9.17, 15) is 24.0 Å². The van der Waals surface area contributed by atoms with Gasteiger partial charge in [-0.3, -0.25) is 24.0 Å². The first-order valence-corrected chi connectivity index (χ1v) is 48.1. The minimum atomic E-state index is -0.494. The third-order valence-corrected chi connectivity index (χ3v) is 27.1. The Hall–Kier alpha value is -1.81. The first-order chi connectivity index (χ1) is 52.0. The minimum Gasteiger partial charge on any atom is -0.469 e. The first-order valence-electron chi connectivity index (χ1n) is 41.1. The number of esters is 5. The smallest absolute Gasteiger partial charge is 0.312 e. The molecule has 111 heavy (non-hydrogen) atoms. The lowest BCUT2D eigenvalue weighted by atomic mass is 9.95. The summed E-state index contributed by atoms with van der Waals surface area (Å²) in [6.45, 7) is 37.7. The van der Waals surface area contributed by atoms with E-state index in [1.807, 2.05) is 108 Å². The molecule has 1 fully saturated rings. The highest BCUT2D eigenvalue weighted by molar-refractivity contribution is 8.00. The number of hydrogen-bond acceptors (Lipinski definition) is 28. The number of hydrogen-bond donors (Lipinski definition) is 12. The van der Waals surface area contributed by atoms with Crippen LogP contribution in [0.1, 0.15) is 251 Å². The van der Waals surface area contributed by atoms with Crippen molar-refractivity contribution in [2.45, 2.75) is 294 Å². The molecule has 22 nitrogen and oxygen atoms in total. The Morgan fingerprint density at radius 1 is 0.414 bits per heavy atom. The molecule has 1 saturated carbocycles. The van der Waals surface area contributed by atoms with Gasteiger partial charge >= 0.3 is 29.8 Å². The molecule has 658 valence electrons. The molecule has 0 amide bonds. The minimum absolute atomic E-state index is 0.000311. The highest BCUT2D eigenvalue weighted by atomic mass is 32.2.